The van der Waals surface area contributed by atoms with Crippen molar-refractivity contribution in [2.24, 2.45) is 5.92 Å². The van der Waals surface area contributed by atoms with Crippen LogP contribution >= 0.6 is 0 Å². The van der Waals surface area contributed by atoms with E-state index in [-0.39, 0.29) is 5.54 Å². The molecule has 0 aliphatic heterocycles. The van der Waals surface area contributed by atoms with Crippen LogP contribution in [-0.2, 0) is 5.54 Å². The molecule has 1 saturated carbocycles. The van der Waals surface area contributed by atoms with Gasteiger partial charge in [0.15, 0.2) is 5.82 Å². The Kier molecular flexibility index (Phi) is 2.59. The highest BCUT2D eigenvalue weighted by atomic mass is 15.6. The maximum Gasteiger partial charge on any atom is 0.182 e. The Hall–Kier alpha value is -1.91. The maximum absolute atomic E-state index is 5.98. The summed E-state index contributed by atoms with van der Waals surface area (Å²) < 4.78 is 1.94. The molecule has 1 fully saturated rings. The Labute approximate surface area is 112 Å². The lowest BCUT2D eigenvalue weighted by Crippen LogP contribution is -2.30. The van der Waals surface area contributed by atoms with Gasteiger partial charge in [0.25, 0.3) is 0 Å². The lowest BCUT2D eigenvalue weighted by molar-refractivity contribution is 0.271. The fourth-order valence-electron chi connectivity index (χ4n) is 2.50. The molecule has 1 aliphatic carbocycles. The highest BCUT2D eigenvalue weighted by molar-refractivity contribution is 5.63. The van der Waals surface area contributed by atoms with Gasteiger partial charge in [-0.1, -0.05) is 12.1 Å². The van der Waals surface area contributed by atoms with Gasteiger partial charge in [-0.25, -0.2) is 4.68 Å². The second-order valence-electron chi connectivity index (χ2n) is 5.91. The second-order valence-corrected chi connectivity index (χ2v) is 5.91. The summed E-state index contributed by atoms with van der Waals surface area (Å²) in [6.07, 6.45) is 2.50. The quantitative estimate of drug-likeness (QED) is 0.857. The van der Waals surface area contributed by atoms with Crippen LogP contribution in [0.25, 0.3) is 11.4 Å². The van der Waals surface area contributed by atoms with Gasteiger partial charge in [-0.3, -0.25) is 0 Å². The third-order valence-corrected chi connectivity index (χ3v) is 4.13. The van der Waals surface area contributed by atoms with Gasteiger partial charge in [0, 0.05) is 11.3 Å². The minimum Gasteiger partial charge on any atom is -0.398 e. The summed E-state index contributed by atoms with van der Waals surface area (Å²) in [6, 6.07) is 5.98. The molecule has 1 aromatic carbocycles. The van der Waals surface area contributed by atoms with Crippen molar-refractivity contribution in [1.29, 1.82) is 0 Å². The molecule has 0 atom stereocenters. The molecule has 1 heterocycles. The summed E-state index contributed by atoms with van der Waals surface area (Å²) in [5.74, 6) is 1.46. The number of tetrazole rings is 1. The summed E-state index contributed by atoms with van der Waals surface area (Å²) in [5, 5.41) is 12.2. The van der Waals surface area contributed by atoms with E-state index in [9.17, 15) is 0 Å². The predicted molar refractivity (Wildman–Crippen MR) is 74.4 cm³/mol. The zero-order valence-corrected chi connectivity index (χ0v) is 11.6. The highest BCUT2D eigenvalue weighted by Gasteiger charge is 2.41. The Morgan fingerprint density at radius 1 is 1.32 bits per heavy atom. The summed E-state index contributed by atoms with van der Waals surface area (Å²) in [4.78, 5) is 0. The van der Waals surface area contributed by atoms with Gasteiger partial charge >= 0.3 is 0 Å². The molecule has 0 bridgehead atoms. The van der Waals surface area contributed by atoms with Gasteiger partial charge in [-0.15, -0.1) is 5.10 Å². The summed E-state index contributed by atoms with van der Waals surface area (Å²) in [7, 11) is 0. The van der Waals surface area contributed by atoms with Crippen molar-refractivity contribution < 1.29 is 0 Å². The molecular formula is C14H19N5. The standard InChI is InChI=1S/C14H19N5/c1-9-4-5-10(8-12(9)15)13-16-17-18-19(13)14(2,3)11-6-7-11/h4-5,8,11H,6-7,15H2,1-3H3. The maximum atomic E-state index is 5.98. The van der Waals surface area contributed by atoms with Crippen LogP contribution in [0.2, 0.25) is 0 Å². The van der Waals surface area contributed by atoms with Crippen molar-refractivity contribution >= 4 is 5.69 Å². The first kappa shape index (κ1) is 12.1. The van der Waals surface area contributed by atoms with E-state index in [2.05, 4.69) is 29.4 Å². The van der Waals surface area contributed by atoms with E-state index in [0.29, 0.717) is 5.92 Å². The minimum absolute atomic E-state index is 0.0432. The topological polar surface area (TPSA) is 69.6 Å². The monoisotopic (exact) mass is 257 g/mol. The van der Waals surface area contributed by atoms with Crippen molar-refractivity contribution in [3.63, 3.8) is 0 Å². The van der Waals surface area contributed by atoms with E-state index in [1.54, 1.807) is 0 Å². The van der Waals surface area contributed by atoms with Gasteiger partial charge in [0.1, 0.15) is 0 Å². The smallest absolute Gasteiger partial charge is 0.182 e. The number of nitrogens with zero attached hydrogens (tertiary/aromatic N) is 4. The fourth-order valence-corrected chi connectivity index (χ4v) is 2.50. The average Bonchev–Trinajstić information content (AvgIpc) is 3.11. The molecule has 2 aromatic rings. The lowest BCUT2D eigenvalue weighted by atomic mass is 9.98. The molecule has 0 unspecified atom stereocenters. The van der Waals surface area contributed by atoms with E-state index >= 15 is 0 Å². The van der Waals surface area contributed by atoms with Crippen molar-refractivity contribution in [2.75, 3.05) is 5.73 Å². The summed E-state index contributed by atoms with van der Waals surface area (Å²) in [6.45, 7) is 6.39. The molecule has 1 aromatic heterocycles. The molecule has 100 valence electrons. The van der Waals surface area contributed by atoms with E-state index in [0.717, 1.165) is 22.6 Å². The van der Waals surface area contributed by atoms with Gasteiger partial charge in [-0.05, 0) is 61.6 Å². The van der Waals surface area contributed by atoms with Crippen LogP contribution in [0.3, 0.4) is 0 Å². The van der Waals surface area contributed by atoms with Crippen molar-refractivity contribution in [3.05, 3.63) is 23.8 Å². The SMILES string of the molecule is Cc1ccc(-c2nnnn2C(C)(C)C2CC2)cc1N. The number of hydrogen-bond acceptors (Lipinski definition) is 4. The zero-order valence-electron chi connectivity index (χ0n) is 11.6. The summed E-state index contributed by atoms with van der Waals surface area (Å²) in [5.41, 5.74) is 8.76. The first-order valence-electron chi connectivity index (χ1n) is 6.65. The summed E-state index contributed by atoms with van der Waals surface area (Å²) >= 11 is 0. The second kappa shape index (κ2) is 4.05. The molecule has 1 aliphatic rings. The molecule has 5 heteroatoms. The Balaban J connectivity index is 2.06. The number of anilines is 1. The molecule has 2 N–H and O–H groups in total. The fraction of sp³-hybridized carbons (Fsp3) is 0.500. The van der Waals surface area contributed by atoms with Gasteiger partial charge < -0.3 is 5.73 Å². The van der Waals surface area contributed by atoms with E-state index in [4.69, 9.17) is 5.73 Å². The number of aryl methyl sites for hydroxylation is 1. The third-order valence-electron chi connectivity index (χ3n) is 4.13. The molecule has 0 saturated heterocycles. The van der Waals surface area contributed by atoms with Crippen LogP contribution in [0.4, 0.5) is 5.69 Å². The number of nitrogens with two attached hydrogens (primary N) is 1. The molecule has 5 nitrogen and oxygen atoms in total. The first-order valence-corrected chi connectivity index (χ1v) is 6.65. The molecule has 19 heavy (non-hydrogen) atoms. The molecule has 0 radical (unpaired) electrons. The minimum atomic E-state index is -0.0432. The Morgan fingerprint density at radius 2 is 2.05 bits per heavy atom. The number of aromatic nitrogens is 4. The van der Waals surface area contributed by atoms with Crippen molar-refractivity contribution in [2.45, 2.75) is 39.2 Å². The molecule has 3 rings (SSSR count). The van der Waals surface area contributed by atoms with Gasteiger partial charge in [-0.2, -0.15) is 0 Å². The molecule has 0 spiro atoms. The van der Waals surface area contributed by atoms with Gasteiger partial charge in [0.2, 0.25) is 0 Å². The Bertz CT molecular complexity index is 610. The van der Waals surface area contributed by atoms with Crippen LogP contribution in [0.15, 0.2) is 18.2 Å². The van der Waals surface area contributed by atoms with Crippen LogP contribution in [0, 0.1) is 12.8 Å². The number of rotatable bonds is 3. The van der Waals surface area contributed by atoms with Crippen LogP contribution in [0.5, 0.6) is 0 Å². The van der Waals surface area contributed by atoms with Crippen LogP contribution in [0.1, 0.15) is 32.3 Å². The third kappa shape index (κ3) is 1.99. The number of nitrogen functional groups attached to an aromatic ring is 1. The van der Waals surface area contributed by atoms with Crippen LogP contribution in [-0.4, -0.2) is 20.2 Å². The number of hydrogen-bond donors (Lipinski definition) is 1. The van der Waals surface area contributed by atoms with E-state index in [1.807, 2.05) is 29.8 Å². The Morgan fingerprint density at radius 3 is 2.68 bits per heavy atom. The molecule has 0 amide bonds. The first-order chi connectivity index (χ1) is 9.00. The van der Waals surface area contributed by atoms with Crippen molar-refractivity contribution in [3.8, 4) is 11.4 Å². The van der Waals surface area contributed by atoms with E-state index in [1.165, 1.54) is 12.8 Å². The molecular weight excluding hydrogens is 238 g/mol. The van der Waals surface area contributed by atoms with Crippen molar-refractivity contribution in [1.82, 2.24) is 20.2 Å². The average molecular weight is 257 g/mol. The largest absolute Gasteiger partial charge is 0.398 e. The normalized spacial score (nSPS) is 15.7. The highest BCUT2D eigenvalue weighted by Crippen LogP contribution is 2.44. The zero-order chi connectivity index (χ0) is 13.6. The predicted octanol–water partition coefficient (Wildman–Crippen LogP) is 2.38. The van der Waals surface area contributed by atoms with Gasteiger partial charge in [0.05, 0.1) is 5.54 Å². The number of benzene rings is 1. The van der Waals surface area contributed by atoms with Crippen LogP contribution < -0.4 is 5.73 Å². The van der Waals surface area contributed by atoms with E-state index < -0.39 is 0 Å². The lowest BCUT2D eigenvalue weighted by Gasteiger charge is -2.25.